The van der Waals surface area contributed by atoms with Gasteiger partial charge in [0, 0.05) is 32.6 Å². The van der Waals surface area contributed by atoms with Crippen molar-refractivity contribution < 1.29 is 14.3 Å². The van der Waals surface area contributed by atoms with E-state index in [1.54, 1.807) is 42.9 Å². The predicted molar refractivity (Wildman–Crippen MR) is 127 cm³/mol. The molecule has 0 spiro atoms. The van der Waals surface area contributed by atoms with Crippen LogP contribution in [0.2, 0.25) is 5.02 Å². The zero-order valence-electron chi connectivity index (χ0n) is 18.6. The molecule has 0 amide bonds. The molecule has 0 bridgehead atoms. The van der Waals surface area contributed by atoms with Crippen LogP contribution < -0.4 is 15.6 Å². The lowest BCUT2D eigenvalue weighted by Gasteiger charge is -2.35. The van der Waals surface area contributed by atoms with Crippen LogP contribution in [0, 0.1) is 0 Å². The van der Waals surface area contributed by atoms with Crippen LogP contribution in [-0.2, 0) is 20.8 Å². The van der Waals surface area contributed by atoms with Crippen molar-refractivity contribution >= 4 is 51.0 Å². The smallest absolute Gasteiger partial charge is 0.326 e. The topological polar surface area (TPSA) is 85.7 Å². The Bertz CT molecular complexity index is 1230. The number of hydrogen-bond donors (Lipinski definition) is 1. The number of esters is 1. The largest absolute Gasteiger partial charge is 0.465 e. The molecular weight excluding hydrogens is 432 g/mol. The number of ether oxygens (including phenoxy) is 2. The first-order valence-corrected chi connectivity index (χ1v) is 11.0. The predicted octanol–water partition coefficient (Wildman–Crippen LogP) is 3.42. The molecule has 3 aromatic rings. The van der Waals surface area contributed by atoms with Gasteiger partial charge in [-0.05, 0) is 44.0 Å². The minimum Gasteiger partial charge on any atom is -0.465 e. The fraction of sp³-hybridized carbons (Fsp3) is 0.435. The van der Waals surface area contributed by atoms with Crippen LogP contribution in [0.3, 0.4) is 0 Å². The van der Waals surface area contributed by atoms with Crippen molar-refractivity contribution in [2.24, 2.45) is 0 Å². The highest BCUT2D eigenvalue weighted by Crippen LogP contribution is 2.34. The minimum atomic E-state index is -0.412. The number of nitrogens with one attached hydrogen (secondary N) is 1. The Morgan fingerprint density at radius 3 is 2.62 bits per heavy atom. The van der Waals surface area contributed by atoms with Crippen molar-refractivity contribution in [1.29, 1.82) is 0 Å². The van der Waals surface area contributed by atoms with Gasteiger partial charge in [0.05, 0.1) is 34.3 Å². The van der Waals surface area contributed by atoms with Gasteiger partial charge < -0.3 is 24.3 Å². The minimum absolute atomic E-state index is 0.0894. The fourth-order valence-corrected chi connectivity index (χ4v) is 4.50. The molecule has 170 valence electrons. The van der Waals surface area contributed by atoms with Gasteiger partial charge in [0.1, 0.15) is 18.0 Å². The number of methoxy groups -OCH3 is 1. The monoisotopic (exact) mass is 458 g/mol. The van der Waals surface area contributed by atoms with Crippen LogP contribution in [0.1, 0.15) is 19.8 Å². The maximum Gasteiger partial charge on any atom is 0.326 e. The summed E-state index contributed by atoms with van der Waals surface area (Å²) in [4.78, 5) is 32.4. The van der Waals surface area contributed by atoms with Gasteiger partial charge >= 0.3 is 5.97 Å². The average molecular weight is 459 g/mol. The van der Waals surface area contributed by atoms with Gasteiger partial charge in [-0.3, -0.25) is 9.59 Å². The van der Waals surface area contributed by atoms with Crippen molar-refractivity contribution in [1.82, 2.24) is 9.55 Å². The van der Waals surface area contributed by atoms with Crippen LogP contribution in [0.4, 0.5) is 11.5 Å². The molecule has 2 heterocycles. The molecule has 1 aliphatic carbocycles. The van der Waals surface area contributed by atoms with E-state index in [2.05, 4.69) is 5.32 Å². The lowest BCUT2D eigenvalue weighted by molar-refractivity contribution is -0.143. The number of pyridine rings is 2. The maximum absolute atomic E-state index is 13.4. The van der Waals surface area contributed by atoms with Crippen LogP contribution in [-0.4, -0.2) is 55.5 Å². The summed E-state index contributed by atoms with van der Waals surface area (Å²) in [5.41, 5.74) is 1.46. The summed E-state index contributed by atoms with van der Waals surface area (Å²) >= 11 is 6.51. The van der Waals surface area contributed by atoms with Crippen molar-refractivity contribution in [2.75, 3.05) is 38.0 Å². The van der Waals surface area contributed by atoms with Crippen molar-refractivity contribution in [2.45, 2.75) is 38.5 Å². The molecular formula is C23H27ClN4O4. The molecule has 2 aromatic heterocycles. The summed E-state index contributed by atoms with van der Waals surface area (Å²) in [6.45, 7) is 1.93. The van der Waals surface area contributed by atoms with E-state index in [-0.39, 0.29) is 30.7 Å². The summed E-state index contributed by atoms with van der Waals surface area (Å²) in [7, 11) is 5.40. The molecule has 32 heavy (non-hydrogen) atoms. The van der Waals surface area contributed by atoms with Crippen molar-refractivity contribution in [3.05, 3.63) is 39.5 Å². The number of carbonyl (C=O) groups excluding carboxylic acids is 1. The van der Waals surface area contributed by atoms with E-state index in [9.17, 15) is 9.59 Å². The molecule has 1 aliphatic rings. The number of aromatic nitrogens is 2. The third-order valence-corrected chi connectivity index (χ3v) is 6.12. The second-order valence-electron chi connectivity index (χ2n) is 8.14. The Balaban J connectivity index is 1.94. The van der Waals surface area contributed by atoms with Gasteiger partial charge in [-0.25, -0.2) is 4.98 Å². The molecule has 8 nitrogen and oxygen atoms in total. The molecule has 9 heteroatoms. The number of hydrogen-bond acceptors (Lipinski definition) is 7. The zero-order chi connectivity index (χ0) is 23.0. The summed E-state index contributed by atoms with van der Waals surface area (Å²) in [6, 6.07) is 7.20. The SMILES string of the molecule is CCOC(=O)Cn1c2nc(NC3CC(OC)C3)ccc2c(=O)c2ccc(Cl)c(N(C)C)c21. The Morgan fingerprint density at radius 2 is 1.97 bits per heavy atom. The number of anilines is 2. The highest BCUT2D eigenvalue weighted by Gasteiger charge is 2.29. The lowest BCUT2D eigenvalue weighted by Crippen LogP contribution is -2.40. The van der Waals surface area contributed by atoms with E-state index in [0.29, 0.717) is 38.5 Å². The molecule has 0 saturated heterocycles. The quantitative estimate of drug-likeness (QED) is 0.429. The number of benzene rings is 1. The molecule has 0 unspecified atom stereocenters. The van der Waals surface area contributed by atoms with Gasteiger partial charge in [-0.2, -0.15) is 0 Å². The molecule has 1 aromatic carbocycles. The number of fused-ring (bicyclic) bond motifs is 2. The second-order valence-corrected chi connectivity index (χ2v) is 8.55. The lowest BCUT2D eigenvalue weighted by atomic mass is 9.89. The van der Waals surface area contributed by atoms with E-state index in [4.69, 9.17) is 26.1 Å². The molecule has 1 N–H and O–H groups in total. The van der Waals surface area contributed by atoms with Crippen molar-refractivity contribution in [3.63, 3.8) is 0 Å². The first kappa shape index (κ1) is 22.4. The first-order chi connectivity index (χ1) is 15.3. The second kappa shape index (κ2) is 8.96. The normalized spacial score (nSPS) is 17.9. The Kier molecular flexibility index (Phi) is 6.26. The third-order valence-electron chi connectivity index (χ3n) is 5.81. The van der Waals surface area contributed by atoms with Gasteiger partial charge in [0.2, 0.25) is 0 Å². The third kappa shape index (κ3) is 4.00. The Morgan fingerprint density at radius 1 is 1.25 bits per heavy atom. The number of carbonyl (C=O) groups is 1. The van der Waals surface area contributed by atoms with E-state index < -0.39 is 5.97 Å². The number of rotatable bonds is 7. The van der Waals surface area contributed by atoms with Crippen LogP contribution in [0.25, 0.3) is 21.9 Å². The highest BCUT2D eigenvalue weighted by atomic mass is 35.5. The zero-order valence-corrected chi connectivity index (χ0v) is 19.4. The van der Waals surface area contributed by atoms with Gasteiger partial charge in [0.15, 0.2) is 5.43 Å². The van der Waals surface area contributed by atoms with Crippen molar-refractivity contribution in [3.8, 4) is 0 Å². The molecule has 1 saturated carbocycles. The Hall–Kier alpha value is -2.84. The summed E-state index contributed by atoms with van der Waals surface area (Å²) in [6.07, 6.45) is 2.04. The van der Waals surface area contributed by atoms with E-state index in [1.807, 2.05) is 19.0 Å². The first-order valence-electron chi connectivity index (χ1n) is 10.6. The molecule has 1 fully saturated rings. The molecule has 0 aliphatic heterocycles. The average Bonchev–Trinajstić information content (AvgIpc) is 2.72. The highest BCUT2D eigenvalue weighted by molar-refractivity contribution is 6.35. The molecule has 0 atom stereocenters. The van der Waals surface area contributed by atoms with Gasteiger partial charge in [-0.1, -0.05) is 11.6 Å². The van der Waals surface area contributed by atoms with Gasteiger partial charge in [0.25, 0.3) is 0 Å². The van der Waals surface area contributed by atoms with E-state index in [0.717, 1.165) is 12.8 Å². The Labute approximate surface area is 191 Å². The summed E-state index contributed by atoms with van der Waals surface area (Å²) < 4.78 is 12.3. The maximum atomic E-state index is 13.4. The van der Waals surface area contributed by atoms with Gasteiger partial charge in [-0.15, -0.1) is 0 Å². The number of nitrogens with zero attached hydrogens (tertiary/aromatic N) is 3. The molecule has 4 rings (SSSR count). The standard InChI is InChI=1S/C23H27ClN4O4/c1-5-32-19(29)12-28-20-15(6-8-17(24)21(20)27(2)3)22(30)16-7-9-18(26-23(16)28)25-13-10-14(11-13)31-4/h6-9,13-14H,5,10-12H2,1-4H3,(H,25,26). The van der Waals surface area contributed by atoms with Crippen LogP contribution in [0.15, 0.2) is 29.1 Å². The fourth-order valence-electron chi connectivity index (χ4n) is 4.17. The number of halogens is 1. The summed E-state index contributed by atoms with van der Waals surface area (Å²) in [5, 5.41) is 4.78. The van der Waals surface area contributed by atoms with E-state index in [1.165, 1.54) is 0 Å². The van der Waals surface area contributed by atoms with Crippen LogP contribution in [0.5, 0.6) is 0 Å². The summed E-state index contributed by atoms with van der Waals surface area (Å²) in [5.74, 6) is 0.229. The molecule has 0 radical (unpaired) electrons. The van der Waals surface area contributed by atoms with Crippen LogP contribution >= 0.6 is 11.6 Å². The van der Waals surface area contributed by atoms with E-state index >= 15 is 0 Å².